The average molecular weight is 598 g/mol. The van der Waals surface area contributed by atoms with E-state index in [2.05, 4.69) is 0 Å². The van der Waals surface area contributed by atoms with Gasteiger partial charge in [-0.15, -0.1) is 0 Å². The van der Waals surface area contributed by atoms with E-state index in [0.717, 1.165) is 54.6 Å². The Morgan fingerprint density at radius 1 is 0.545 bits per heavy atom. The first-order valence-electron chi connectivity index (χ1n) is 14.2. The highest BCUT2D eigenvalue weighted by molar-refractivity contribution is 7.48. The van der Waals surface area contributed by atoms with Gasteiger partial charge >= 0.3 is 7.82 Å². The number of phenolic OH excluding ortho intramolecular Hbond substituents is 1. The molecule has 0 amide bonds. The number of fused-ring (bicyclic) bond motifs is 8. The van der Waals surface area contributed by atoms with Crippen molar-refractivity contribution in [1.29, 1.82) is 0 Å². The first-order valence-corrected chi connectivity index (χ1v) is 15.7. The van der Waals surface area contributed by atoms with Crippen LogP contribution in [0.2, 0.25) is 0 Å². The highest BCUT2D eigenvalue weighted by Gasteiger charge is 2.33. The third-order valence-electron chi connectivity index (χ3n) is 7.88. The molecule has 7 aromatic carbocycles. The van der Waals surface area contributed by atoms with Crippen LogP contribution in [-0.2, 0) is 4.57 Å². The van der Waals surface area contributed by atoms with Gasteiger partial charge in [-0.3, -0.25) is 4.89 Å². The number of hydrogen-bond acceptors (Lipinski definition) is 5. The van der Waals surface area contributed by atoms with Crippen LogP contribution in [0.15, 0.2) is 140 Å². The van der Waals surface area contributed by atoms with Crippen molar-refractivity contribution < 1.29 is 23.6 Å². The van der Waals surface area contributed by atoms with E-state index < -0.39 is 7.82 Å². The molecule has 1 aliphatic heterocycles. The molecule has 0 saturated carbocycles. The van der Waals surface area contributed by atoms with Crippen molar-refractivity contribution in [1.82, 2.24) is 0 Å². The van der Waals surface area contributed by atoms with E-state index in [-0.39, 0.29) is 11.8 Å². The Bertz CT molecular complexity index is 2130. The zero-order valence-corrected chi connectivity index (χ0v) is 24.4. The molecular weight excluding hydrogens is 569 g/mol. The second-order valence-corrected chi connectivity index (χ2v) is 11.9. The summed E-state index contributed by atoms with van der Waals surface area (Å²) in [4.78, 5) is 10.1. The maximum atomic E-state index is 12.4. The van der Waals surface area contributed by atoms with Gasteiger partial charge in [0.25, 0.3) is 0 Å². The quantitative estimate of drug-likeness (QED) is 0.172. The molecule has 1 aliphatic rings. The number of rotatable bonds is 2. The predicted octanol–water partition coefficient (Wildman–Crippen LogP) is 9.13. The standard InChI is InChI=1S/C20H13O4P.C17H15NO/c21-25(22)23-17-11-9-13-5-1-3-7-15(13)19(17)20-16-8-4-2-6-14(16)10-12-18(20)24-25;18-17(13-7-2-1-3-8-13)16-14-9-5-4-6-12(14)10-11-15(16)19/h1-12H,(H,21,22);1-11,17,19H,18H2/t;17-/m.0/s1. The van der Waals surface area contributed by atoms with Gasteiger partial charge in [0.2, 0.25) is 0 Å². The molecule has 7 heteroatoms. The summed E-state index contributed by atoms with van der Waals surface area (Å²) < 4.78 is 23.1. The van der Waals surface area contributed by atoms with Crippen LogP contribution in [0.5, 0.6) is 17.2 Å². The second kappa shape index (κ2) is 11.2. The fraction of sp³-hybridized carbons (Fsp3) is 0.0270. The molecule has 44 heavy (non-hydrogen) atoms. The van der Waals surface area contributed by atoms with Crippen molar-refractivity contribution in [2.24, 2.45) is 5.73 Å². The fourth-order valence-corrected chi connectivity index (χ4v) is 6.71. The summed E-state index contributed by atoms with van der Waals surface area (Å²) in [6.45, 7) is 0. The van der Waals surface area contributed by atoms with E-state index in [0.29, 0.717) is 11.5 Å². The predicted molar refractivity (Wildman–Crippen MR) is 176 cm³/mol. The molecule has 216 valence electrons. The van der Waals surface area contributed by atoms with Crippen molar-refractivity contribution in [2.75, 3.05) is 0 Å². The van der Waals surface area contributed by atoms with Crippen LogP contribution in [0.25, 0.3) is 43.4 Å². The maximum Gasteiger partial charge on any atom is 0.584 e. The summed E-state index contributed by atoms with van der Waals surface area (Å²) in [6.07, 6.45) is 0. The average Bonchev–Trinajstić information content (AvgIpc) is 3.17. The van der Waals surface area contributed by atoms with Gasteiger partial charge in [0.05, 0.1) is 6.04 Å². The summed E-state index contributed by atoms with van der Waals surface area (Å²) in [6, 6.07) is 44.1. The van der Waals surface area contributed by atoms with Crippen molar-refractivity contribution in [3.63, 3.8) is 0 Å². The number of phosphoric ester groups is 1. The van der Waals surface area contributed by atoms with Crippen LogP contribution in [0, 0.1) is 0 Å². The molecule has 0 aromatic heterocycles. The summed E-state index contributed by atoms with van der Waals surface area (Å²) >= 11 is 0. The summed E-state index contributed by atoms with van der Waals surface area (Å²) in [5.74, 6) is 0.939. The van der Waals surface area contributed by atoms with Crippen molar-refractivity contribution in [3.05, 3.63) is 151 Å². The minimum atomic E-state index is -4.25. The molecule has 0 bridgehead atoms. The fourth-order valence-electron chi connectivity index (χ4n) is 5.88. The van der Waals surface area contributed by atoms with Gasteiger partial charge < -0.3 is 19.9 Å². The van der Waals surface area contributed by atoms with Gasteiger partial charge in [0, 0.05) is 16.7 Å². The Morgan fingerprint density at radius 3 is 1.52 bits per heavy atom. The summed E-state index contributed by atoms with van der Waals surface area (Å²) in [5.41, 5.74) is 9.65. The highest BCUT2D eigenvalue weighted by atomic mass is 31.2. The van der Waals surface area contributed by atoms with Crippen LogP contribution in [0.1, 0.15) is 17.2 Å². The number of phenols is 1. The van der Waals surface area contributed by atoms with Crippen LogP contribution >= 0.6 is 7.82 Å². The molecule has 0 fully saturated rings. The molecule has 0 spiro atoms. The topological polar surface area (TPSA) is 102 Å². The zero-order valence-electron chi connectivity index (χ0n) is 23.5. The van der Waals surface area contributed by atoms with Gasteiger partial charge in [-0.05, 0) is 56.1 Å². The highest BCUT2D eigenvalue weighted by Crippen LogP contribution is 2.56. The van der Waals surface area contributed by atoms with Crippen molar-refractivity contribution >= 4 is 40.1 Å². The number of phosphoric acid groups is 1. The molecule has 1 heterocycles. The Morgan fingerprint density at radius 2 is 0.977 bits per heavy atom. The molecule has 0 radical (unpaired) electrons. The number of hydrogen-bond donors (Lipinski definition) is 3. The first kappa shape index (κ1) is 27.7. The smallest absolute Gasteiger partial charge is 0.508 e. The normalized spacial score (nSPS) is 13.9. The molecule has 4 N–H and O–H groups in total. The molecule has 8 rings (SSSR count). The van der Waals surface area contributed by atoms with Gasteiger partial charge in [0.1, 0.15) is 17.2 Å². The van der Waals surface area contributed by atoms with Gasteiger partial charge in [0.15, 0.2) is 0 Å². The van der Waals surface area contributed by atoms with Gasteiger partial charge in [-0.1, -0.05) is 121 Å². The van der Waals surface area contributed by atoms with E-state index in [4.69, 9.17) is 14.8 Å². The van der Waals surface area contributed by atoms with Crippen LogP contribution < -0.4 is 14.8 Å². The molecule has 0 saturated heterocycles. The van der Waals surface area contributed by atoms with E-state index in [9.17, 15) is 14.6 Å². The lowest BCUT2D eigenvalue weighted by Gasteiger charge is -2.16. The van der Waals surface area contributed by atoms with E-state index >= 15 is 0 Å². The second-order valence-electron chi connectivity index (χ2n) is 10.6. The monoisotopic (exact) mass is 597 g/mol. The third-order valence-corrected chi connectivity index (χ3v) is 8.73. The number of benzene rings is 7. The molecular formula is C37H28NO5P. The molecule has 1 atom stereocenters. The van der Waals surface area contributed by atoms with E-state index in [1.165, 1.54) is 0 Å². The van der Waals surface area contributed by atoms with E-state index in [1.807, 2.05) is 121 Å². The Hall–Kier alpha value is -5.13. The summed E-state index contributed by atoms with van der Waals surface area (Å²) in [5, 5.41) is 16.2. The van der Waals surface area contributed by atoms with Gasteiger partial charge in [-0.25, -0.2) is 4.57 Å². The molecule has 6 nitrogen and oxygen atoms in total. The zero-order chi connectivity index (χ0) is 30.3. The number of aromatic hydroxyl groups is 1. The number of nitrogens with two attached hydrogens (primary N) is 1. The molecule has 0 unspecified atom stereocenters. The maximum absolute atomic E-state index is 12.4. The lowest BCUT2D eigenvalue weighted by Crippen LogP contribution is -2.12. The third kappa shape index (κ3) is 5.06. The lowest BCUT2D eigenvalue weighted by atomic mass is 9.92. The Balaban J connectivity index is 0.000000148. The van der Waals surface area contributed by atoms with Gasteiger partial charge in [-0.2, -0.15) is 0 Å². The van der Waals surface area contributed by atoms with Crippen LogP contribution in [-0.4, -0.2) is 10.00 Å². The first-order chi connectivity index (χ1) is 21.4. The molecule has 0 aliphatic carbocycles. The van der Waals surface area contributed by atoms with E-state index in [1.54, 1.807) is 18.2 Å². The lowest BCUT2D eigenvalue weighted by molar-refractivity contribution is 0.294. The minimum absolute atomic E-state index is 0.245. The van der Waals surface area contributed by atoms with Crippen LogP contribution in [0.4, 0.5) is 0 Å². The minimum Gasteiger partial charge on any atom is -0.508 e. The largest absolute Gasteiger partial charge is 0.584 e. The van der Waals surface area contributed by atoms with Crippen LogP contribution in [0.3, 0.4) is 0 Å². The summed E-state index contributed by atoms with van der Waals surface area (Å²) in [7, 11) is -4.25. The SMILES string of the molecule is N[C@@H](c1ccccc1)c1c(O)ccc2ccccc12.O=P1(O)Oc2ccc3ccccc3c2-c2c(ccc3ccccc23)O1. The Labute approximate surface area is 254 Å². The van der Waals surface area contributed by atoms with Crippen molar-refractivity contribution in [2.45, 2.75) is 6.04 Å². The molecule has 7 aromatic rings. The Kier molecular flexibility index (Phi) is 7.03. The van der Waals surface area contributed by atoms with Crippen molar-refractivity contribution in [3.8, 4) is 28.4 Å².